The van der Waals surface area contributed by atoms with Crippen molar-refractivity contribution in [2.75, 3.05) is 6.54 Å². The van der Waals surface area contributed by atoms with Gasteiger partial charge in [0, 0.05) is 19.1 Å². The van der Waals surface area contributed by atoms with Gasteiger partial charge in [-0.15, -0.1) is 0 Å². The number of hydrogen-bond donors (Lipinski definition) is 1. The Morgan fingerprint density at radius 2 is 2.06 bits per heavy atom. The summed E-state index contributed by atoms with van der Waals surface area (Å²) in [4.78, 5) is 13.7. The zero-order valence-electron chi connectivity index (χ0n) is 11.1. The highest BCUT2D eigenvalue weighted by molar-refractivity contribution is 5.68. The molecule has 1 unspecified atom stereocenters. The second-order valence-electron chi connectivity index (χ2n) is 5.67. The van der Waals surface area contributed by atoms with Crippen LogP contribution in [0.4, 0.5) is 4.79 Å². The Balaban J connectivity index is 2.13. The van der Waals surface area contributed by atoms with Gasteiger partial charge in [0.25, 0.3) is 0 Å². The largest absolute Gasteiger partial charge is 0.444 e. The third kappa shape index (κ3) is 2.82. The number of nitrogens with zero attached hydrogens (tertiary/aromatic N) is 1. The van der Waals surface area contributed by atoms with Gasteiger partial charge in [-0.1, -0.05) is 24.3 Å². The van der Waals surface area contributed by atoms with Gasteiger partial charge in [0.2, 0.25) is 0 Å². The molecule has 0 radical (unpaired) electrons. The summed E-state index contributed by atoms with van der Waals surface area (Å²) in [7, 11) is 0. The fraction of sp³-hybridized carbons (Fsp3) is 0.500. The number of fused-ring (bicyclic) bond motifs is 1. The van der Waals surface area contributed by atoms with E-state index < -0.39 is 5.60 Å². The van der Waals surface area contributed by atoms with Gasteiger partial charge >= 0.3 is 6.09 Å². The van der Waals surface area contributed by atoms with E-state index in [1.807, 2.05) is 45.0 Å². The van der Waals surface area contributed by atoms with Crippen LogP contribution in [-0.4, -0.2) is 23.1 Å². The van der Waals surface area contributed by atoms with Crippen LogP contribution in [0.2, 0.25) is 0 Å². The number of hydrogen-bond acceptors (Lipinski definition) is 3. The molecule has 4 nitrogen and oxygen atoms in total. The molecule has 0 aliphatic carbocycles. The molecule has 1 heterocycles. The van der Waals surface area contributed by atoms with E-state index in [0.717, 1.165) is 11.1 Å². The van der Waals surface area contributed by atoms with Gasteiger partial charge in [-0.25, -0.2) is 4.79 Å². The van der Waals surface area contributed by atoms with Crippen molar-refractivity contribution in [2.24, 2.45) is 5.73 Å². The topological polar surface area (TPSA) is 55.6 Å². The first-order valence-electron chi connectivity index (χ1n) is 6.18. The molecule has 1 atom stereocenters. The van der Waals surface area contributed by atoms with Crippen LogP contribution in [0.5, 0.6) is 0 Å². The lowest BCUT2D eigenvalue weighted by atomic mass is 9.96. The monoisotopic (exact) mass is 248 g/mol. The smallest absolute Gasteiger partial charge is 0.410 e. The maximum atomic E-state index is 12.0. The van der Waals surface area contributed by atoms with Crippen LogP contribution in [0, 0.1) is 0 Å². The molecular weight excluding hydrogens is 228 g/mol. The van der Waals surface area contributed by atoms with E-state index in [1.54, 1.807) is 4.90 Å². The van der Waals surface area contributed by atoms with E-state index in [1.165, 1.54) is 0 Å². The first-order chi connectivity index (χ1) is 8.37. The number of nitrogens with two attached hydrogens (primary N) is 1. The molecule has 0 fully saturated rings. The first kappa shape index (κ1) is 12.9. The molecule has 1 aromatic rings. The SMILES string of the molecule is CC(C)(C)OC(=O)N1Cc2ccccc2C(N)C1. The third-order valence-electron chi connectivity index (χ3n) is 2.88. The van der Waals surface area contributed by atoms with Crippen LogP contribution in [0.1, 0.15) is 37.9 Å². The maximum Gasteiger partial charge on any atom is 0.410 e. The molecule has 2 N–H and O–H groups in total. The molecule has 1 aliphatic rings. The van der Waals surface area contributed by atoms with Crippen LogP contribution in [0.15, 0.2) is 24.3 Å². The minimum Gasteiger partial charge on any atom is -0.444 e. The summed E-state index contributed by atoms with van der Waals surface area (Å²) in [5, 5.41) is 0. The summed E-state index contributed by atoms with van der Waals surface area (Å²) < 4.78 is 5.37. The van der Waals surface area contributed by atoms with Crippen LogP contribution in [0.3, 0.4) is 0 Å². The van der Waals surface area contributed by atoms with Crippen LogP contribution >= 0.6 is 0 Å². The Labute approximate surface area is 108 Å². The molecule has 0 saturated carbocycles. The van der Waals surface area contributed by atoms with Crippen molar-refractivity contribution in [3.05, 3.63) is 35.4 Å². The van der Waals surface area contributed by atoms with E-state index in [4.69, 9.17) is 10.5 Å². The van der Waals surface area contributed by atoms with E-state index in [0.29, 0.717) is 13.1 Å². The van der Waals surface area contributed by atoms with Crippen molar-refractivity contribution in [2.45, 2.75) is 39.0 Å². The summed E-state index contributed by atoms with van der Waals surface area (Å²) >= 11 is 0. The van der Waals surface area contributed by atoms with E-state index in [2.05, 4.69) is 0 Å². The van der Waals surface area contributed by atoms with Gasteiger partial charge in [-0.3, -0.25) is 0 Å². The molecule has 0 spiro atoms. The number of carbonyl (C=O) groups excluding carboxylic acids is 1. The van der Waals surface area contributed by atoms with Gasteiger partial charge in [0.1, 0.15) is 5.60 Å². The highest BCUT2D eigenvalue weighted by atomic mass is 16.6. The minimum atomic E-state index is -0.474. The molecule has 0 saturated heterocycles. The average molecular weight is 248 g/mol. The van der Waals surface area contributed by atoms with Crippen molar-refractivity contribution in [3.63, 3.8) is 0 Å². The number of benzene rings is 1. The Morgan fingerprint density at radius 1 is 1.39 bits per heavy atom. The summed E-state index contributed by atoms with van der Waals surface area (Å²) in [6.07, 6.45) is -0.299. The summed E-state index contributed by atoms with van der Waals surface area (Å²) in [5.74, 6) is 0. The Bertz CT molecular complexity index is 451. The standard InChI is InChI=1S/C14H20N2O2/c1-14(2,3)18-13(17)16-8-10-6-4-5-7-11(10)12(15)9-16/h4-7,12H,8-9,15H2,1-3H3. The van der Waals surface area contributed by atoms with Gasteiger partial charge in [0.05, 0.1) is 0 Å². The second kappa shape index (κ2) is 4.61. The van der Waals surface area contributed by atoms with Crippen molar-refractivity contribution >= 4 is 6.09 Å². The summed E-state index contributed by atoms with van der Waals surface area (Å²) in [5.41, 5.74) is 7.84. The van der Waals surface area contributed by atoms with Crippen molar-refractivity contribution < 1.29 is 9.53 Å². The van der Waals surface area contributed by atoms with Crippen LogP contribution in [0.25, 0.3) is 0 Å². The predicted octanol–water partition coefficient (Wildman–Crippen LogP) is 2.44. The maximum absolute atomic E-state index is 12.0. The number of rotatable bonds is 0. The van der Waals surface area contributed by atoms with E-state index >= 15 is 0 Å². The van der Waals surface area contributed by atoms with Gasteiger partial charge in [0.15, 0.2) is 0 Å². The first-order valence-corrected chi connectivity index (χ1v) is 6.18. The lowest BCUT2D eigenvalue weighted by Gasteiger charge is -2.34. The van der Waals surface area contributed by atoms with Crippen molar-refractivity contribution in [1.82, 2.24) is 4.90 Å². The highest BCUT2D eigenvalue weighted by Gasteiger charge is 2.28. The number of ether oxygens (including phenoxy) is 1. The third-order valence-corrected chi connectivity index (χ3v) is 2.88. The lowest BCUT2D eigenvalue weighted by Crippen LogP contribution is -2.43. The van der Waals surface area contributed by atoms with Crippen molar-refractivity contribution in [3.8, 4) is 0 Å². The second-order valence-corrected chi connectivity index (χ2v) is 5.67. The van der Waals surface area contributed by atoms with E-state index in [-0.39, 0.29) is 12.1 Å². The zero-order chi connectivity index (χ0) is 13.3. The molecular formula is C14H20N2O2. The number of carbonyl (C=O) groups is 1. The van der Waals surface area contributed by atoms with Crippen LogP contribution in [-0.2, 0) is 11.3 Å². The molecule has 1 aliphatic heterocycles. The normalized spacial score (nSPS) is 19.3. The highest BCUT2D eigenvalue weighted by Crippen LogP contribution is 2.25. The molecule has 0 bridgehead atoms. The van der Waals surface area contributed by atoms with Crippen LogP contribution < -0.4 is 5.73 Å². The van der Waals surface area contributed by atoms with Gasteiger partial charge in [-0.2, -0.15) is 0 Å². The average Bonchev–Trinajstić information content (AvgIpc) is 2.26. The summed E-state index contributed by atoms with van der Waals surface area (Å²) in [6, 6.07) is 7.83. The zero-order valence-corrected chi connectivity index (χ0v) is 11.1. The summed E-state index contributed by atoms with van der Waals surface area (Å²) in [6.45, 7) is 6.67. The molecule has 1 aromatic carbocycles. The fourth-order valence-corrected chi connectivity index (χ4v) is 2.11. The molecule has 18 heavy (non-hydrogen) atoms. The minimum absolute atomic E-state index is 0.137. The molecule has 98 valence electrons. The van der Waals surface area contributed by atoms with Gasteiger partial charge in [-0.05, 0) is 31.9 Å². The molecule has 1 amide bonds. The fourth-order valence-electron chi connectivity index (χ4n) is 2.11. The molecule has 0 aromatic heterocycles. The molecule has 2 rings (SSSR count). The Morgan fingerprint density at radius 3 is 2.72 bits per heavy atom. The Kier molecular flexibility index (Phi) is 3.30. The number of amides is 1. The van der Waals surface area contributed by atoms with E-state index in [9.17, 15) is 4.79 Å². The van der Waals surface area contributed by atoms with Gasteiger partial charge < -0.3 is 15.4 Å². The lowest BCUT2D eigenvalue weighted by molar-refractivity contribution is 0.0206. The molecule has 4 heteroatoms. The predicted molar refractivity (Wildman–Crippen MR) is 70.0 cm³/mol. The van der Waals surface area contributed by atoms with Crippen molar-refractivity contribution in [1.29, 1.82) is 0 Å². The quantitative estimate of drug-likeness (QED) is 0.767. The Hall–Kier alpha value is -1.55.